The summed E-state index contributed by atoms with van der Waals surface area (Å²) in [6.45, 7) is 3.81. The predicted molar refractivity (Wildman–Crippen MR) is 83.1 cm³/mol. The number of nitrogens with one attached hydrogen (secondary N) is 1. The van der Waals surface area contributed by atoms with E-state index < -0.39 is 0 Å². The van der Waals surface area contributed by atoms with Gasteiger partial charge in [-0.25, -0.2) is 0 Å². The number of rotatable bonds is 3. The van der Waals surface area contributed by atoms with Crippen LogP contribution in [0.2, 0.25) is 0 Å². The maximum Gasteiger partial charge on any atom is 0.256 e. The summed E-state index contributed by atoms with van der Waals surface area (Å²) in [5.74, 6) is 0.707. The van der Waals surface area contributed by atoms with Gasteiger partial charge in [-0.1, -0.05) is 6.07 Å². The highest BCUT2D eigenvalue weighted by atomic mass is 32.1. The maximum absolute atomic E-state index is 12.2. The number of amides is 1. The molecule has 0 atom stereocenters. The van der Waals surface area contributed by atoms with Gasteiger partial charge in [0.2, 0.25) is 0 Å². The Balaban J connectivity index is 1.86. The molecular weight excluding hydrogens is 284 g/mol. The molecule has 2 heterocycles. The van der Waals surface area contributed by atoms with Gasteiger partial charge >= 0.3 is 0 Å². The molecule has 0 saturated heterocycles. The van der Waals surface area contributed by atoms with E-state index in [1.54, 1.807) is 6.33 Å². The summed E-state index contributed by atoms with van der Waals surface area (Å²) in [5, 5.41) is 14.6. The molecule has 0 aliphatic heterocycles. The molecule has 0 unspecified atom stereocenters. The second kappa shape index (κ2) is 5.49. The Morgan fingerprint density at radius 3 is 2.81 bits per heavy atom. The van der Waals surface area contributed by atoms with Gasteiger partial charge in [0.25, 0.3) is 5.91 Å². The van der Waals surface area contributed by atoms with Crippen LogP contribution < -0.4 is 5.32 Å². The number of carbonyl (C=O) groups is 1. The number of hydrogen-bond donors (Lipinski definition) is 1. The van der Waals surface area contributed by atoms with Crippen molar-refractivity contribution in [2.45, 2.75) is 13.8 Å². The zero-order valence-electron chi connectivity index (χ0n) is 11.7. The third kappa shape index (κ3) is 2.71. The molecule has 3 rings (SSSR count). The summed E-state index contributed by atoms with van der Waals surface area (Å²) >= 11 is 1.53. The second-order valence-corrected chi connectivity index (χ2v) is 5.46. The lowest BCUT2D eigenvalue weighted by Crippen LogP contribution is -2.12. The Morgan fingerprint density at radius 1 is 1.29 bits per heavy atom. The molecule has 0 fully saturated rings. The van der Waals surface area contributed by atoms with E-state index in [1.807, 2.05) is 53.4 Å². The van der Waals surface area contributed by atoms with Crippen molar-refractivity contribution in [2.24, 2.45) is 0 Å². The number of nitrogens with zero attached hydrogens (tertiary/aromatic N) is 3. The standard InChI is InChI=1S/C15H14N4OS/c1-10-7-21-8-14(10)15(20)17-12-4-3-5-13(6-12)19-9-16-18-11(19)2/h3-9H,1-2H3,(H,17,20). The molecular formula is C15H14N4OS. The van der Waals surface area contributed by atoms with E-state index in [1.165, 1.54) is 11.3 Å². The molecule has 0 radical (unpaired) electrons. The molecule has 6 heteroatoms. The molecule has 1 aromatic carbocycles. The topological polar surface area (TPSA) is 59.8 Å². The van der Waals surface area contributed by atoms with E-state index in [-0.39, 0.29) is 5.91 Å². The van der Waals surface area contributed by atoms with Crippen LogP contribution in [0.5, 0.6) is 0 Å². The summed E-state index contributed by atoms with van der Waals surface area (Å²) in [5.41, 5.74) is 3.36. The van der Waals surface area contributed by atoms with Crippen LogP contribution in [0.1, 0.15) is 21.7 Å². The number of aromatic nitrogens is 3. The van der Waals surface area contributed by atoms with Crippen molar-refractivity contribution in [3.8, 4) is 5.69 Å². The highest BCUT2D eigenvalue weighted by Gasteiger charge is 2.10. The van der Waals surface area contributed by atoms with Gasteiger partial charge in [0, 0.05) is 11.1 Å². The summed E-state index contributed by atoms with van der Waals surface area (Å²) in [4.78, 5) is 12.2. The molecule has 1 N–H and O–H groups in total. The van der Waals surface area contributed by atoms with Crippen LogP contribution in [-0.2, 0) is 0 Å². The van der Waals surface area contributed by atoms with E-state index in [0.717, 1.165) is 22.8 Å². The van der Waals surface area contributed by atoms with Crippen molar-refractivity contribution >= 4 is 22.9 Å². The Bertz CT molecular complexity index is 790. The largest absolute Gasteiger partial charge is 0.322 e. The van der Waals surface area contributed by atoms with Crippen LogP contribution in [0.15, 0.2) is 41.4 Å². The van der Waals surface area contributed by atoms with E-state index in [9.17, 15) is 4.79 Å². The number of carbonyl (C=O) groups excluding carboxylic acids is 1. The van der Waals surface area contributed by atoms with Gasteiger partial charge in [0.15, 0.2) is 0 Å². The number of thiophene rings is 1. The molecule has 3 aromatic rings. The lowest BCUT2D eigenvalue weighted by atomic mass is 10.2. The van der Waals surface area contributed by atoms with Crippen molar-refractivity contribution in [1.29, 1.82) is 0 Å². The lowest BCUT2D eigenvalue weighted by Gasteiger charge is -2.08. The van der Waals surface area contributed by atoms with Crippen molar-refractivity contribution < 1.29 is 4.79 Å². The van der Waals surface area contributed by atoms with Gasteiger partial charge < -0.3 is 5.32 Å². The fourth-order valence-electron chi connectivity index (χ4n) is 2.07. The second-order valence-electron chi connectivity index (χ2n) is 4.72. The van der Waals surface area contributed by atoms with E-state index >= 15 is 0 Å². The van der Waals surface area contributed by atoms with Crippen LogP contribution >= 0.6 is 11.3 Å². The number of benzene rings is 1. The molecule has 106 valence electrons. The first-order valence-electron chi connectivity index (χ1n) is 6.46. The average molecular weight is 298 g/mol. The first-order chi connectivity index (χ1) is 10.1. The fourth-order valence-corrected chi connectivity index (χ4v) is 2.90. The zero-order valence-corrected chi connectivity index (χ0v) is 12.5. The van der Waals surface area contributed by atoms with Crippen LogP contribution in [0.3, 0.4) is 0 Å². The van der Waals surface area contributed by atoms with Gasteiger partial charge in [-0.15, -0.1) is 10.2 Å². The van der Waals surface area contributed by atoms with Crippen LogP contribution in [0, 0.1) is 13.8 Å². The van der Waals surface area contributed by atoms with Gasteiger partial charge in [0.1, 0.15) is 12.2 Å². The van der Waals surface area contributed by atoms with Crippen LogP contribution in [-0.4, -0.2) is 20.7 Å². The smallest absolute Gasteiger partial charge is 0.256 e. The van der Waals surface area contributed by atoms with Crippen molar-refractivity contribution in [3.05, 3.63) is 58.3 Å². The summed E-state index contributed by atoms with van der Waals surface area (Å²) in [6.07, 6.45) is 1.65. The van der Waals surface area contributed by atoms with E-state index in [2.05, 4.69) is 15.5 Å². The minimum atomic E-state index is -0.0913. The highest BCUT2D eigenvalue weighted by molar-refractivity contribution is 7.08. The lowest BCUT2D eigenvalue weighted by molar-refractivity contribution is 0.102. The Hall–Kier alpha value is -2.47. The molecule has 0 aliphatic carbocycles. The minimum Gasteiger partial charge on any atom is -0.322 e. The SMILES string of the molecule is Cc1cscc1C(=O)Nc1cccc(-n2cnnc2C)c1. The molecule has 2 aromatic heterocycles. The van der Waals surface area contributed by atoms with E-state index in [0.29, 0.717) is 5.56 Å². The van der Waals surface area contributed by atoms with Gasteiger partial charge in [0.05, 0.1) is 11.3 Å². The number of anilines is 1. The van der Waals surface area contributed by atoms with Crippen molar-refractivity contribution in [3.63, 3.8) is 0 Å². The number of hydrogen-bond acceptors (Lipinski definition) is 4. The first-order valence-corrected chi connectivity index (χ1v) is 7.40. The van der Waals surface area contributed by atoms with Gasteiger partial charge in [-0.2, -0.15) is 11.3 Å². The summed E-state index contributed by atoms with van der Waals surface area (Å²) in [7, 11) is 0. The van der Waals surface area contributed by atoms with Crippen LogP contribution in [0.25, 0.3) is 5.69 Å². The van der Waals surface area contributed by atoms with E-state index in [4.69, 9.17) is 0 Å². The maximum atomic E-state index is 12.2. The molecule has 1 amide bonds. The summed E-state index contributed by atoms with van der Waals surface area (Å²) in [6, 6.07) is 7.60. The molecule has 5 nitrogen and oxygen atoms in total. The monoisotopic (exact) mass is 298 g/mol. The molecule has 0 spiro atoms. The third-order valence-electron chi connectivity index (χ3n) is 3.20. The Morgan fingerprint density at radius 2 is 2.14 bits per heavy atom. The number of aryl methyl sites for hydroxylation is 2. The molecule has 21 heavy (non-hydrogen) atoms. The molecule has 0 saturated carbocycles. The van der Waals surface area contributed by atoms with Gasteiger partial charge in [-0.3, -0.25) is 9.36 Å². The Labute approximate surface area is 126 Å². The third-order valence-corrected chi connectivity index (χ3v) is 4.06. The highest BCUT2D eigenvalue weighted by Crippen LogP contribution is 2.19. The molecule has 0 aliphatic rings. The zero-order chi connectivity index (χ0) is 14.8. The first kappa shape index (κ1) is 13.5. The van der Waals surface area contributed by atoms with Crippen molar-refractivity contribution in [1.82, 2.24) is 14.8 Å². The average Bonchev–Trinajstić information content (AvgIpc) is 3.07. The van der Waals surface area contributed by atoms with Crippen LogP contribution in [0.4, 0.5) is 5.69 Å². The van der Waals surface area contributed by atoms with Crippen molar-refractivity contribution in [2.75, 3.05) is 5.32 Å². The minimum absolute atomic E-state index is 0.0913. The fraction of sp³-hybridized carbons (Fsp3) is 0.133. The molecule has 0 bridgehead atoms. The Kier molecular flexibility index (Phi) is 3.53. The normalized spacial score (nSPS) is 10.6. The quantitative estimate of drug-likeness (QED) is 0.807. The summed E-state index contributed by atoms with van der Waals surface area (Å²) < 4.78 is 1.87. The predicted octanol–water partition coefficient (Wildman–Crippen LogP) is 3.20. The van der Waals surface area contributed by atoms with Gasteiger partial charge in [-0.05, 0) is 43.0 Å².